The summed E-state index contributed by atoms with van der Waals surface area (Å²) in [7, 11) is -0.601. The van der Waals surface area contributed by atoms with E-state index in [1.807, 2.05) is 0 Å². The zero-order valence-corrected chi connectivity index (χ0v) is 15.4. The quantitative estimate of drug-likeness (QED) is 0.806. The van der Waals surface area contributed by atoms with Crippen LogP contribution >= 0.6 is 0 Å². The van der Waals surface area contributed by atoms with Gasteiger partial charge in [0.25, 0.3) is 0 Å². The number of nitrogens with zero attached hydrogens (tertiary/aromatic N) is 1. The molecular weight excluding hydrogens is 383 g/mol. The molecule has 0 aliphatic rings. The topological polar surface area (TPSA) is 92.5 Å². The lowest BCUT2D eigenvalue weighted by atomic mass is 10.1. The van der Waals surface area contributed by atoms with Gasteiger partial charge in [-0.3, -0.25) is 4.79 Å². The summed E-state index contributed by atoms with van der Waals surface area (Å²) in [4.78, 5) is 13.7. The predicted molar refractivity (Wildman–Crippen MR) is 95.9 cm³/mol. The second kappa shape index (κ2) is 7.57. The number of nitrogens with one attached hydrogen (secondary N) is 1. The smallest absolute Gasteiger partial charge is 0.376 e. The molecule has 2 aromatic carbocycles. The normalized spacial score (nSPS) is 11.9. The van der Waals surface area contributed by atoms with Crippen molar-refractivity contribution in [3.63, 3.8) is 0 Å². The Bertz CT molecular complexity index is 957. The van der Waals surface area contributed by atoms with Crippen LogP contribution in [0.25, 0.3) is 0 Å². The van der Waals surface area contributed by atoms with E-state index in [4.69, 9.17) is 5.14 Å². The number of carbonyl (C=O) groups excluding carboxylic acids is 1. The van der Waals surface area contributed by atoms with Crippen molar-refractivity contribution in [3.8, 4) is 0 Å². The van der Waals surface area contributed by atoms with Crippen molar-refractivity contribution in [1.82, 2.24) is 0 Å². The van der Waals surface area contributed by atoms with Crippen molar-refractivity contribution in [3.05, 3.63) is 53.6 Å². The Hall–Kier alpha value is -2.59. The summed E-state index contributed by atoms with van der Waals surface area (Å²) in [6.07, 6.45) is -4.81. The van der Waals surface area contributed by atoms with Crippen LogP contribution in [0.2, 0.25) is 0 Å². The summed E-state index contributed by atoms with van der Waals surface area (Å²) in [6.45, 7) is 0. The fraction of sp³-hybridized carbons (Fsp3) is 0.235. The fourth-order valence-electron chi connectivity index (χ4n) is 2.42. The van der Waals surface area contributed by atoms with Crippen molar-refractivity contribution in [1.29, 1.82) is 0 Å². The minimum atomic E-state index is -4.51. The first-order valence-electron chi connectivity index (χ1n) is 7.68. The van der Waals surface area contributed by atoms with Gasteiger partial charge in [-0.15, -0.1) is 0 Å². The van der Waals surface area contributed by atoms with E-state index in [-0.39, 0.29) is 22.6 Å². The Morgan fingerprint density at radius 1 is 1.15 bits per heavy atom. The number of nitrogens with two attached hydrogens (primary N) is 1. The van der Waals surface area contributed by atoms with Gasteiger partial charge in [0.05, 0.1) is 28.3 Å². The van der Waals surface area contributed by atoms with Crippen LogP contribution in [0.4, 0.5) is 24.5 Å². The molecule has 0 unspecified atom stereocenters. The molecule has 0 spiro atoms. The standard InChI is InChI=1S/C17H18F3N3O3S/c1-23(2)15-7-6-13(27(21,25)26)10-14(15)22-16(24)9-11-4-3-5-12(8-11)17(18,19)20/h3-8,10H,9H2,1-2H3,(H,22,24)(H2,21,25,26). The van der Waals surface area contributed by atoms with Gasteiger partial charge in [-0.05, 0) is 29.8 Å². The maximum Gasteiger partial charge on any atom is 0.416 e. The molecular formula is C17H18F3N3O3S. The minimum absolute atomic E-state index is 0.177. The minimum Gasteiger partial charge on any atom is -0.376 e. The number of primary sulfonamides is 1. The number of anilines is 2. The third-order valence-corrected chi connectivity index (χ3v) is 4.58. The van der Waals surface area contributed by atoms with Crippen LogP contribution in [-0.4, -0.2) is 28.4 Å². The third-order valence-electron chi connectivity index (χ3n) is 3.67. The van der Waals surface area contributed by atoms with Gasteiger partial charge in [0.1, 0.15) is 0 Å². The van der Waals surface area contributed by atoms with Gasteiger partial charge in [-0.25, -0.2) is 13.6 Å². The SMILES string of the molecule is CN(C)c1ccc(S(N)(=O)=O)cc1NC(=O)Cc1cccc(C(F)(F)F)c1. The molecule has 6 nitrogen and oxygen atoms in total. The molecule has 0 aliphatic heterocycles. The van der Waals surface area contributed by atoms with E-state index in [2.05, 4.69) is 5.32 Å². The number of sulfonamides is 1. The lowest BCUT2D eigenvalue weighted by Gasteiger charge is -2.19. The molecule has 0 heterocycles. The summed E-state index contributed by atoms with van der Waals surface area (Å²) in [5.74, 6) is -0.594. The number of hydrogen-bond donors (Lipinski definition) is 2. The lowest BCUT2D eigenvalue weighted by Crippen LogP contribution is -2.20. The van der Waals surface area contributed by atoms with Crippen molar-refractivity contribution in [2.75, 3.05) is 24.3 Å². The molecule has 146 valence electrons. The number of halogens is 3. The molecule has 27 heavy (non-hydrogen) atoms. The molecule has 0 bridgehead atoms. The Balaban J connectivity index is 2.27. The highest BCUT2D eigenvalue weighted by atomic mass is 32.2. The van der Waals surface area contributed by atoms with Crippen LogP contribution in [0.3, 0.4) is 0 Å². The maximum atomic E-state index is 12.8. The number of hydrogen-bond acceptors (Lipinski definition) is 4. The zero-order valence-electron chi connectivity index (χ0n) is 14.5. The average molecular weight is 401 g/mol. The molecule has 0 aliphatic carbocycles. The first-order chi connectivity index (χ1) is 12.4. The Labute approximate surface area is 154 Å². The van der Waals surface area contributed by atoms with E-state index in [1.165, 1.54) is 30.3 Å². The highest BCUT2D eigenvalue weighted by Gasteiger charge is 2.30. The monoisotopic (exact) mass is 401 g/mol. The molecule has 0 atom stereocenters. The van der Waals surface area contributed by atoms with Gasteiger partial charge >= 0.3 is 6.18 Å². The third kappa shape index (κ3) is 5.44. The second-order valence-corrected chi connectivity index (χ2v) is 7.60. The number of benzene rings is 2. The summed E-state index contributed by atoms with van der Waals surface area (Å²) >= 11 is 0. The van der Waals surface area contributed by atoms with Crippen molar-refractivity contribution >= 4 is 27.3 Å². The van der Waals surface area contributed by atoms with E-state index in [0.29, 0.717) is 5.69 Å². The molecule has 2 aromatic rings. The van der Waals surface area contributed by atoms with E-state index in [0.717, 1.165) is 12.1 Å². The van der Waals surface area contributed by atoms with E-state index < -0.39 is 27.7 Å². The van der Waals surface area contributed by atoms with E-state index >= 15 is 0 Å². The zero-order chi connectivity index (χ0) is 20.4. The van der Waals surface area contributed by atoms with Crippen molar-refractivity contribution in [2.24, 2.45) is 5.14 Å². The van der Waals surface area contributed by atoms with Crippen LogP contribution in [-0.2, 0) is 27.4 Å². The molecule has 1 amide bonds. The molecule has 0 radical (unpaired) electrons. The van der Waals surface area contributed by atoms with Crippen molar-refractivity contribution < 1.29 is 26.4 Å². The summed E-state index contributed by atoms with van der Waals surface area (Å²) in [5.41, 5.74) is 0.0256. The summed E-state index contributed by atoms with van der Waals surface area (Å²) in [5, 5.41) is 7.63. The average Bonchev–Trinajstić information content (AvgIpc) is 2.53. The Morgan fingerprint density at radius 3 is 2.37 bits per heavy atom. The molecule has 0 aromatic heterocycles. The number of amides is 1. The molecule has 0 saturated heterocycles. The van der Waals surface area contributed by atoms with Gasteiger partial charge in [-0.1, -0.05) is 18.2 Å². The van der Waals surface area contributed by atoms with Crippen LogP contribution in [0.15, 0.2) is 47.4 Å². The van der Waals surface area contributed by atoms with Crippen molar-refractivity contribution in [2.45, 2.75) is 17.5 Å². The summed E-state index contributed by atoms with van der Waals surface area (Å²) in [6, 6.07) is 8.41. The second-order valence-electron chi connectivity index (χ2n) is 6.04. The molecule has 3 N–H and O–H groups in total. The highest BCUT2D eigenvalue weighted by molar-refractivity contribution is 7.89. The molecule has 10 heteroatoms. The van der Waals surface area contributed by atoms with E-state index in [1.54, 1.807) is 19.0 Å². The largest absolute Gasteiger partial charge is 0.416 e. The lowest BCUT2D eigenvalue weighted by molar-refractivity contribution is -0.137. The van der Waals surface area contributed by atoms with Gasteiger partial charge in [0.15, 0.2) is 0 Å². The van der Waals surface area contributed by atoms with E-state index in [9.17, 15) is 26.4 Å². The van der Waals surface area contributed by atoms with Crippen LogP contribution in [0, 0.1) is 0 Å². The first kappa shape index (κ1) is 20.7. The first-order valence-corrected chi connectivity index (χ1v) is 9.23. The van der Waals surface area contributed by atoms with Gasteiger partial charge in [0.2, 0.25) is 15.9 Å². The molecule has 0 fully saturated rings. The fourth-order valence-corrected chi connectivity index (χ4v) is 2.96. The number of rotatable bonds is 5. The van der Waals surface area contributed by atoms with Gasteiger partial charge in [-0.2, -0.15) is 13.2 Å². The maximum absolute atomic E-state index is 12.8. The van der Waals surface area contributed by atoms with Crippen LogP contribution in [0.1, 0.15) is 11.1 Å². The number of carbonyl (C=O) groups is 1. The Kier molecular flexibility index (Phi) is 5.81. The van der Waals surface area contributed by atoms with Gasteiger partial charge < -0.3 is 10.2 Å². The number of alkyl halides is 3. The van der Waals surface area contributed by atoms with Gasteiger partial charge in [0, 0.05) is 14.1 Å². The van der Waals surface area contributed by atoms with Crippen LogP contribution < -0.4 is 15.4 Å². The summed E-state index contributed by atoms with van der Waals surface area (Å²) < 4.78 is 61.4. The van der Waals surface area contributed by atoms with Crippen LogP contribution in [0.5, 0.6) is 0 Å². The molecule has 2 rings (SSSR count). The highest BCUT2D eigenvalue weighted by Crippen LogP contribution is 2.30. The Morgan fingerprint density at radius 2 is 1.81 bits per heavy atom. The molecule has 0 saturated carbocycles. The predicted octanol–water partition coefficient (Wildman–Crippen LogP) is 2.60.